The molecule has 0 aromatic carbocycles. The van der Waals surface area contributed by atoms with Gasteiger partial charge in [-0.15, -0.1) is 0 Å². The van der Waals surface area contributed by atoms with Crippen molar-refractivity contribution in [3.05, 3.63) is 0 Å². The zero-order chi connectivity index (χ0) is 9.47. The van der Waals surface area contributed by atoms with Crippen molar-refractivity contribution < 1.29 is 8.42 Å². The van der Waals surface area contributed by atoms with Crippen molar-refractivity contribution in [1.29, 1.82) is 0 Å². The predicted molar refractivity (Wildman–Crippen MR) is 50.7 cm³/mol. The summed E-state index contributed by atoms with van der Waals surface area (Å²) in [6.07, 6.45) is 4.13. The van der Waals surface area contributed by atoms with E-state index < -0.39 is 9.84 Å². The number of hydrogen-bond acceptors (Lipinski definition) is 4. The Morgan fingerprint density at radius 1 is 1.15 bits per heavy atom. The molecule has 0 aromatic heterocycles. The van der Waals surface area contributed by atoms with Crippen LogP contribution in [0.15, 0.2) is 0 Å². The summed E-state index contributed by atoms with van der Waals surface area (Å²) in [5.74, 6) is 5.35. The van der Waals surface area contributed by atoms with Gasteiger partial charge in [-0.1, -0.05) is 6.42 Å². The Balaban J connectivity index is 2.22. The smallest absolute Gasteiger partial charge is 0.156 e. The molecule has 0 saturated carbocycles. The van der Waals surface area contributed by atoms with E-state index in [-0.39, 0.29) is 16.5 Å². The Kier molecular flexibility index (Phi) is 2.33. The van der Waals surface area contributed by atoms with E-state index in [2.05, 4.69) is 5.43 Å². The molecule has 0 spiro atoms. The van der Waals surface area contributed by atoms with E-state index in [0.29, 0.717) is 12.8 Å². The molecule has 2 saturated heterocycles. The van der Waals surface area contributed by atoms with Crippen LogP contribution in [-0.4, -0.2) is 25.0 Å². The number of nitrogens with two attached hydrogens (primary N) is 1. The lowest BCUT2D eigenvalue weighted by Crippen LogP contribution is -2.51. The van der Waals surface area contributed by atoms with Gasteiger partial charge in [-0.3, -0.25) is 11.3 Å². The summed E-state index contributed by atoms with van der Waals surface area (Å²) >= 11 is 0. The second-order valence-corrected chi connectivity index (χ2v) is 6.61. The number of rotatable bonds is 1. The second-order valence-electron chi connectivity index (χ2n) is 4.10. The minimum Gasteiger partial charge on any atom is -0.271 e. The molecule has 2 heterocycles. The molecule has 0 radical (unpaired) electrons. The fourth-order valence-electron chi connectivity index (χ4n) is 2.54. The Bertz CT molecular complexity index is 269. The molecular formula is C8H16N2O2S. The maximum Gasteiger partial charge on any atom is 0.156 e. The van der Waals surface area contributed by atoms with Gasteiger partial charge in [-0.2, -0.15) is 0 Å². The highest BCUT2D eigenvalue weighted by atomic mass is 32.2. The molecule has 3 N–H and O–H groups in total. The van der Waals surface area contributed by atoms with E-state index in [4.69, 9.17) is 5.84 Å². The Hall–Kier alpha value is -0.130. The van der Waals surface area contributed by atoms with Gasteiger partial charge in [0.25, 0.3) is 0 Å². The van der Waals surface area contributed by atoms with Crippen LogP contribution in [0.2, 0.25) is 0 Å². The second kappa shape index (κ2) is 3.22. The third kappa shape index (κ3) is 1.49. The summed E-state index contributed by atoms with van der Waals surface area (Å²) < 4.78 is 23.6. The molecule has 5 heteroatoms. The standard InChI is InChI=1S/C8H16N2O2S/c9-10-6-4-7-2-1-3-8(5-6)13(7,11)12/h6-8,10H,1-5,9H2. The van der Waals surface area contributed by atoms with E-state index in [1.165, 1.54) is 0 Å². The summed E-state index contributed by atoms with van der Waals surface area (Å²) in [5, 5.41) is -0.248. The SMILES string of the molecule is NNC1CC2CCCC(C1)S2(=O)=O. The minimum atomic E-state index is -2.80. The first-order valence-electron chi connectivity index (χ1n) is 4.83. The van der Waals surface area contributed by atoms with Crippen LogP contribution in [0.3, 0.4) is 0 Å². The number of nitrogens with one attached hydrogen (secondary N) is 1. The zero-order valence-electron chi connectivity index (χ0n) is 7.57. The van der Waals surface area contributed by atoms with Crippen LogP contribution >= 0.6 is 0 Å². The molecule has 2 unspecified atom stereocenters. The lowest BCUT2D eigenvalue weighted by molar-refractivity contribution is 0.358. The molecule has 76 valence electrons. The molecule has 0 amide bonds. The number of hydrogen-bond donors (Lipinski definition) is 2. The fourth-order valence-corrected chi connectivity index (χ4v) is 5.08. The van der Waals surface area contributed by atoms with Crippen LogP contribution in [0, 0.1) is 0 Å². The van der Waals surface area contributed by atoms with Crippen molar-refractivity contribution in [3.8, 4) is 0 Å². The van der Waals surface area contributed by atoms with Crippen LogP contribution in [0.4, 0.5) is 0 Å². The molecule has 0 aliphatic carbocycles. The van der Waals surface area contributed by atoms with Gasteiger partial charge in [-0.25, -0.2) is 8.42 Å². The molecule has 2 rings (SSSR count). The molecule has 2 atom stereocenters. The average molecular weight is 204 g/mol. The summed E-state index contributed by atoms with van der Waals surface area (Å²) in [6, 6.07) is 0.207. The average Bonchev–Trinajstić information content (AvgIpc) is 2.02. The number of sulfone groups is 1. The molecular weight excluding hydrogens is 188 g/mol. The lowest BCUT2D eigenvalue weighted by atomic mass is 9.95. The van der Waals surface area contributed by atoms with Crippen molar-refractivity contribution in [1.82, 2.24) is 5.43 Å². The van der Waals surface area contributed by atoms with Gasteiger partial charge >= 0.3 is 0 Å². The zero-order valence-corrected chi connectivity index (χ0v) is 8.39. The van der Waals surface area contributed by atoms with Crippen LogP contribution in [0.1, 0.15) is 32.1 Å². The molecule has 2 aliphatic rings. The van der Waals surface area contributed by atoms with Crippen molar-refractivity contribution in [3.63, 3.8) is 0 Å². The first-order valence-corrected chi connectivity index (χ1v) is 6.44. The van der Waals surface area contributed by atoms with Gasteiger partial charge in [0.15, 0.2) is 9.84 Å². The van der Waals surface area contributed by atoms with E-state index in [1.54, 1.807) is 0 Å². The highest BCUT2D eigenvalue weighted by Crippen LogP contribution is 2.36. The van der Waals surface area contributed by atoms with Crippen LogP contribution in [0.25, 0.3) is 0 Å². The fraction of sp³-hybridized carbons (Fsp3) is 1.00. The van der Waals surface area contributed by atoms with Crippen molar-refractivity contribution in [2.24, 2.45) is 5.84 Å². The van der Waals surface area contributed by atoms with Crippen molar-refractivity contribution in [2.45, 2.75) is 48.6 Å². The monoisotopic (exact) mass is 204 g/mol. The molecule has 2 aliphatic heterocycles. The third-order valence-corrected chi connectivity index (χ3v) is 6.03. The van der Waals surface area contributed by atoms with Gasteiger partial charge < -0.3 is 0 Å². The summed E-state index contributed by atoms with van der Waals surface area (Å²) in [4.78, 5) is 0. The lowest BCUT2D eigenvalue weighted by Gasteiger charge is -2.38. The first kappa shape index (κ1) is 9.43. The maximum absolute atomic E-state index is 11.8. The number of hydrazine groups is 1. The molecule has 2 bridgehead atoms. The van der Waals surface area contributed by atoms with Crippen LogP contribution in [0.5, 0.6) is 0 Å². The van der Waals surface area contributed by atoms with Crippen molar-refractivity contribution >= 4 is 9.84 Å². The predicted octanol–water partition coefficient (Wildman–Crippen LogP) is -0.0520. The molecule has 2 fully saturated rings. The van der Waals surface area contributed by atoms with E-state index in [1.807, 2.05) is 0 Å². The molecule has 4 nitrogen and oxygen atoms in total. The Morgan fingerprint density at radius 2 is 1.69 bits per heavy atom. The summed E-state index contributed by atoms with van der Waals surface area (Å²) in [5.41, 5.74) is 2.71. The van der Waals surface area contributed by atoms with Gasteiger partial charge in [0.1, 0.15) is 0 Å². The Morgan fingerprint density at radius 3 is 2.15 bits per heavy atom. The molecule has 13 heavy (non-hydrogen) atoms. The largest absolute Gasteiger partial charge is 0.271 e. The van der Waals surface area contributed by atoms with Gasteiger partial charge in [-0.05, 0) is 25.7 Å². The van der Waals surface area contributed by atoms with E-state index in [9.17, 15) is 8.42 Å². The van der Waals surface area contributed by atoms with Gasteiger partial charge in [0, 0.05) is 6.04 Å². The molecule has 0 aromatic rings. The summed E-state index contributed by atoms with van der Waals surface area (Å²) in [7, 11) is -2.80. The normalized spacial score (nSPS) is 43.0. The van der Waals surface area contributed by atoms with E-state index in [0.717, 1.165) is 19.3 Å². The maximum atomic E-state index is 11.8. The van der Waals surface area contributed by atoms with Gasteiger partial charge in [0.05, 0.1) is 10.5 Å². The topological polar surface area (TPSA) is 72.2 Å². The summed E-state index contributed by atoms with van der Waals surface area (Å²) in [6.45, 7) is 0. The van der Waals surface area contributed by atoms with Crippen LogP contribution < -0.4 is 11.3 Å². The van der Waals surface area contributed by atoms with Crippen molar-refractivity contribution in [2.75, 3.05) is 0 Å². The minimum absolute atomic E-state index is 0.124. The Labute approximate surface area is 78.8 Å². The highest BCUT2D eigenvalue weighted by Gasteiger charge is 2.43. The third-order valence-electron chi connectivity index (χ3n) is 3.31. The van der Waals surface area contributed by atoms with Gasteiger partial charge in [0.2, 0.25) is 0 Å². The van der Waals surface area contributed by atoms with E-state index >= 15 is 0 Å². The number of fused-ring (bicyclic) bond motifs is 2. The highest BCUT2D eigenvalue weighted by molar-refractivity contribution is 7.92. The van der Waals surface area contributed by atoms with Crippen LogP contribution in [-0.2, 0) is 9.84 Å². The quantitative estimate of drug-likeness (QED) is 0.464. The first-order chi connectivity index (χ1) is 6.14.